The summed E-state index contributed by atoms with van der Waals surface area (Å²) in [7, 11) is 4.10. The number of rotatable bonds is 6. The smallest absolute Gasteiger partial charge is 0.269 e. The molecular weight excluding hydrogens is 224 g/mol. The van der Waals surface area contributed by atoms with Gasteiger partial charge in [-0.05, 0) is 44.9 Å². The lowest BCUT2D eigenvalue weighted by molar-refractivity contribution is -0.384. The lowest BCUT2D eigenvalue weighted by Gasteiger charge is -2.08. The van der Waals surface area contributed by atoms with Crippen LogP contribution in [0.1, 0.15) is 6.42 Å². The van der Waals surface area contributed by atoms with Crippen LogP contribution in [0.25, 0.3) is 0 Å². The molecule has 0 unspecified atom stereocenters. The molecule has 0 spiro atoms. The summed E-state index contributed by atoms with van der Waals surface area (Å²) in [6.45, 7) is 1.07. The van der Waals surface area contributed by atoms with E-state index in [0.29, 0.717) is 0 Å². The maximum Gasteiger partial charge on any atom is 0.269 e. The minimum atomic E-state index is -0.375. The minimum absolute atomic E-state index is 0.151. The van der Waals surface area contributed by atoms with Crippen LogP contribution in [0.15, 0.2) is 29.2 Å². The molecule has 0 heterocycles. The van der Waals surface area contributed by atoms with Crippen molar-refractivity contribution in [3.05, 3.63) is 34.4 Å². The maximum atomic E-state index is 10.4. The number of non-ortho nitro benzene ring substituents is 1. The quantitative estimate of drug-likeness (QED) is 0.332. The highest BCUT2D eigenvalue weighted by Crippen LogP contribution is 2.21. The summed E-state index contributed by atoms with van der Waals surface area (Å²) in [5.41, 5.74) is 0.151. The Morgan fingerprint density at radius 1 is 1.31 bits per heavy atom. The molecule has 0 aliphatic heterocycles. The summed E-state index contributed by atoms with van der Waals surface area (Å²) in [6, 6.07) is 6.71. The first-order valence-electron chi connectivity index (χ1n) is 5.11. The van der Waals surface area contributed by atoms with Gasteiger partial charge >= 0.3 is 0 Å². The number of benzene rings is 1. The molecule has 1 aromatic rings. The van der Waals surface area contributed by atoms with Crippen molar-refractivity contribution in [3.63, 3.8) is 0 Å². The fourth-order valence-electron chi connectivity index (χ4n) is 1.23. The zero-order valence-electron chi connectivity index (χ0n) is 9.55. The summed E-state index contributed by atoms with van der Waals surface area (Å²) >= 11 is 1.73. The normalized spacial score (nSPS) is 10.7. The first-order chi connectivity index (χ1) is 7.59. The number of nitrogens with zero attached hydrogens (tertiary/aromatic N) is 2. The lowest BCUT2D eigenvalue weighted by atomic mass is 10.3. The molecule has 88 valence electrons. The van der Waals surface area contributed by atoms with Crippen molar-refractivity contribution in [3.8, 4) is 0 Å². The van der Waals surface area contributed by atoms with E-state index in [4.69, 9.17) is 0 Å². The topological polar surface area (TPSA) is 46.4 Å². The minimum Gasteiger partial charge on any atom is -0.309 e. The Kier molecular flexibility index (Phi) is 5.28. The second-order valence-electron chi connectivity index (χ2n) is 3.76. The molecule has 0 amide bonds. The van der Waals surface area contributed by atoms with E-state index < -0.39 is 0 Å². The molecule has 0 aliphatic carbocycles. The van der Waals surface area contributed by atoms with Crippen LogP contribution in [-0.4, -0.2) is 36.2 Å². The van der Waals surface area contributed by atoms with Gasteiger partial charge in [0.2, 0.25) is 0 Å². The molecule has 0 atom stereocenters. The predicted molar refractivity (Wildman–Crippen MR) is 67.0 cm³/mol. The largest absolute Gasteiger partial charge is 0.309 e. The van der Waals surface area contributed by atoms with Crippen molar-refractivity contribution in [2.75, 3.05) is 26.4 Å². The average molecular weight is 240 g/mol. The Hall–Kier alpha value is -1.07. The maximum absolute atomic E-state index is 10.4. The summed E-state index contributed by atoms with van der Waals surface area (Å²) < 4.78 is 0. The first-order valence-corrected chi connectivity index (χ1v) is 6.10. The van der Waals surface area contributed by atoms with E-state index in [-0.39, 0.29) is 10.6 Å². The summed E-state index contributed by atoms with van der Waals surface area (Å²) in [5.74, 6) is 1.04. The summed E-state index contributed by atoms with van der Waals surface area (Å²) in [6.07, 6.45) is 1.12. The number of nitro benzene ring substituents is 1. The number of hydrogen-bond acceptors (Lipinski definition) is 4. The van der Waals surface area contributed by atoms with Crippen molar-refractivity contribution >= 4 is 17.4 Å². The van der Waals surface area contributed by atoms with Crippen LogP contribution in [0, 0.1) is 10.1 Å². The van der Waals surface area contributed by atoms with Gasteiger partial charge in [0.15, 0.2) is 0 Å². The fourth-order valence-corrected chi connectivity index (χ4v) is 2.07. The van der Waals surface area contributed by atoms with E-state index in [9.17, 15) is 10.1 Å². The van der Waals surface area contributed by atoms with Gasteiger partial charge in [0.25, 0.3) is 5.69 Å². The number of thioether (sulfide) groups is 1. The van der Waals surface area contributed by atoms with E-state index in [1.807, 2.05) is 0 Å². The van der Waals surface area contributed by atoms with Crippen LogP contribution in [0.4, 0.5) is 5.69 Å². The monoisotopic (exact) mass is 240 g/mol. The third-order valence-corrected chi connectivity index (χ3v) is 3.16. The zero-order chi connectivity index (χ0) is 12.0. The van der Waals surface area contributed by atoms with Gasteiger partial charge in [-0.15, -0.1) is 11.8 Å². The van der Waals surface area contributed by atoms with Crippen molar-refractivity contribution < 1.29 is 4.92 Å². The van der Waals surface area contributed by atoms with E-state index in [2.05, 4.69) is 19.0 Å². The van der Waals surface area contributed by atoms with E-state index in [0.717, 1.165) is 23.6 Å². The van der Waals surface area contributed by atoms with Crippen LogP contribution in [0.2, 0.25) is 0 Å². The van der Waals surface area contributed by atoms with Crippen molar-refractivity contribution in [2.45, 2.75) is 11.3 Å². The molecule has 1 rings (SSSR count). The molecule has 0 aromatic heterocycles. The molecule has 16 heavy (non-hydrogen) atoms. The Balaban J connectivity index is 2.35. The van der Waals surface area contributed by atoms with Crippen molar-refractivity contribution in [2.24, 2.45) is 0 Å². The van der Waals surface area contributed by atoms with E-state index in [1.54, 1.807) is 36.0 Å². The van der Waals surface area contributed by atoms with E-state index >= 15 is 0 Å². The fraction of sp³-hybridized carbons (Fsp3) is 0.455. The highest BCUT2D eigenvalue weighted by molar-refractivity contribution is 7.99. The van der Waals surface area contributed by atoms with Gasteiger partial charge in [-0.3, -0.25) is 10.1 Å². The lowest BCUT2D eigenvalue weighted by Crippen LogP contribution is -2.13. The van der Waals surface area contributed by atoms with E-state index in [1.165, 1.54) is 0 Å². The standard InChI is InChI=1S/C11H16N2O2S/c1-12(2)8-3-9-16-11-6-4-10(5-7-11)13(14)15/h4-7H,3,8-9H2,1-2H3. The first kappa shape index (κ1) is 13.0. The highest BCUT2D eigenvalue weighted by atomic mass is 32.2. The third-order valence-electron chi connectivity index (χ3n) is 2.07. The summed E-state index contributed by atoms with van der Waals surface area (Å²) in [5, 5.41) is 10.4. The van der Waals surface area contributed by atoms with Crippen LogP contribution in [0.5, 0.6) is 0 Å². The second-order valence-corrected chi connectivity index (χ2v) is 4.92. The van der Waals surface area contributed by atoms with Gasteiger partial charge in [-0.25, -0.2) is 0 Å². The third kappa shape index (κ3) is 4.63. The van der Waals surface area contributed by atoms with Crippen molar-refractivity contribution in [1.29, 1.82) is 0 Å². The molecule has 4 nitrogen and oxygen atoms in total. The number of hydrogen-bond donors (Lipinski definition) is 0. The van der Waals surface area contributed by atoms with Gasteiger partial charge in [-0.1, -0.05) is 0 Å². The molecule has 0 aliphatic rings. The van der Waals surface area contributed by atoms with Crippen LogP contribution in [0.3, 0.4) is 0 Å². The number of nitro groups is 1. The zero-order valence-corrected chi connectivity index (χ0v) is 10.4. The molecule has 0 saturated carbocycles. The average Bonchev–Trinajstić information content (AvgIpc) is 2.25. The second kappa shape index (κ2) is 6.50. The molecule has 0 saturated heterocycles. The Morgan fingerprint density at radius 2 is 1.94 bits per heavy atom. The molecule has 0 bridgehead atoms. The predicted octanol–water partition coefficient (Wildman–Crippen LogP) is 2.64. The Bertz CT molecular complexity index is 338. The Morgan fingerprint density at radius 3 is 2.44 bits per heavy atom. The van der Waals surface area contributed by atoms with Crippen LogP contribution < -0.4 is 0 Å². The van der Waals surface area contributed by atoms with Gasteiger partial charge in [0.05, 0.1) is 4.92 Å². The van der Waals surface area contributed by atoms with Crippen LogP contribution in [-0.2, 0) is 0 Å². The molecule has 0 N–H and O–H groups in total. The highest BCUT2D eigenvalue weighted by Gasteiger charge is 2.03. The molecule has 0 radical (unpaired) electrons. The molecule has 5 heteroatoms. The molecular formula is C11H16N2O2S. The van der Waals surface area contributed by atoms with Gasteiger partial charge in [0, 0.05) is 17.0 Å². The van der Waals surface area contributed by atoms with Crippen LogP contribution >= 0.6 is 11.8 Å². The molecule has 1 aromatic carbocycles. The SMILES string of the molecule is CN(C)CCCSc1ccc([N+](=O)[O-])cc1. The molecule has 0 fully saturated rings. The Labute approximate surface area is 99.8 Å². The van der Waals surface area contributed by atoms with Gasteiger partial charge in [0.1, 0.15) is 0 Å². The summed E-state index contributed by atoms with van der Waals surface area (Å²) in [4.78, 5) is 13.3. The van der Waals surface area contributed by atoms with Crippen molar-refractivity contribution in [1.82, 2.24) is 4.90 Å². The van der Waals surface area contributed by atoms with Gasteiger partial charge in [-0.2, -0.15) is 0 Å². The van der Waals surface area contributed by atoms with Gasteiger partial charge < -0.3 is 4.90 Å².